The lowest BCUT2D eigenvalue weighted by Crippen LogP contribution is -2.44. The second-order valence-electron chi connectivity index (χ2n) is 4.73. The zero-order valence-corrected chi connectivity index (χ0v) is 10.0. The summed E-state index contributed by atoms with van der Waals surface area (Å²) in [6, 6.07) is 4.71. The summed E-state index contributed by atoms with van der Waals surface area (Å²) in [5.74, 6) is 0.231. The second-order valence-corrected chi connectivity index (χ2v) is 5.68. The van der Waals surface area contributed by atoms with Crippen LogP contribution in [0.5, 0.6) is 0 Å². The maximum Gasteiger partial charge on any atom is 0.264 e. The van der Waals surface area contributed by atoms with Crippen LogP contribution in [0.4, 0.5) is 0 Å². The standard InChI is InChI=1S/C13H15NOS/c1-9-7-10-4-5-11(8-9)14(10)13(15)12-3-2-6-16-12/h2-3,6,10-11H,1,4-5,7-8H2. The van der Waals surface area contributed by atoms with E-state index in [1.165, 1.54) is 5.57 Å². The monoisotopic (exact) mass is 233 g/mol. The minimum Gasteiger partial charge on any atom is -0.331 e. The number of rotatable bonds is 1. The van der Waals surface area contributed by atoms with Gasteiger partial charge in [0.15, 0.2) is 0 Å². The molecule has 1 aromatic heterocycles. The van der Waals surface area contributed by atoms with Gasteiger partial charge in [-0.25, -0.2) is 0 Å². The molecule has 3 rings (SSSR count). The Morgan fingerprint density at radius 1 is 1.38 bits per heavy atom. The maximum atomic E-state index is 12.3. The quantitative estimate of drug-likeness (QED) is 0.683. The van der Waals surface area contributed by atoms with Gasteiger partial charge in [0.1, 0.15) is 0 Å². The molecule has 0 N–H and O–H groups in total. The Labute approximate surface area is 99.6 Å². The largest absolute Gasteiger partial charge is 0.331 e. The fraction of sp³-hybridized carbons (Fsp3) is 0.462. The van der Waals surface area contributed by atoms with Crippen LogP contribution < -0.4 is 0 Å². The number of nitrogens with zero attached hydrogens (tertiary/aromatic N) is 1. The molecule has 84 valence electrons. The first-order valence-electron chi connectivity index (χ1n) is 5.78. The van der Waals surface area contributed by atoms with Gasteiger partial charge in [-0.15, -0.1) is 11.3 Å². The van der Waals surface area contributed by atoms with Gasteiger partial charge in [-0.1, -0.05) is 18.2 Å². The minimum atomic E-state index is 0.231. The van der Waals surface area contributed by atoms with Gasteiger partial charge in [0.05, 0.1) is 4.88 Å². The first-order valence-corrected chi connectivity index (χ1v) is 6.66. The van der Waals surface area contributed by atoms with E-state index in [4.69, 9.17) is 0 Å². The van der Waals surface area contributed by atoms with Gasteiger partial charge in [-0.3, -0.25) is 4.79 Å². The third-order valence-electron chi connectivity index (χ3n) is 3.63. The highest BCUT2D eigenvalue weighted by molar-refractivity contribution is 7.12. The molecule has 0 spiro atoms. The molecule has 1 amide bonds. The number of hydrogen-bond acceptors (Lipinski definition) is 2. The van der Waals surface area contributed by atoms with E-state index >= 15 is 0 Å². The molecular weight excluding hydrogens is 218 g/mol. The summed E-state index contributed by atoms with van der Waals surface area (Å²) in [5, 5.41) is 1.97. The summed E-state index contributed by atoms with van der Waals surface area (Å²) in [7, 11) is 0. The first-order chi connectivity index (χ1) is 7.75. The number of piperidine rings is 1. The van der Waals surface area contributed by atoms with Gasteiger partial charge in [0, 0.05) is 12.1 Å². The van der Waals surface area contributed by atoms with E-state index in [0.29, 0.717) is 12.1 Å². The Kier molecular flexibility index (Phi) is 2.36. The molecule has 0 radical (unpaired) electrons. The highest BCUT2D eigenvalue weighted by Crippen LogP contribution is 2.38. The number of thiophene rings is 1. The molecule has 16 heavy (non-hydrogen) atoms. The van der Waals surface area contributed by atoms with Gasteiger partial charge in [0.2, 0.25) is 0 Å². The molecule has 2 aliphatic heterocycles. The Balaban J connectivity index is 1.86. The molecule has 3 heterocycles. The number of amides is 1. The SMILES string of the molecule is C=C1CC2CCC(C1)N2C(=O)c1cccs1. The van der Waals surface area contributed by atoms with Crippen molar-refractivity contribution in [2.24, 2.45) is 0 Å². The maximum absolute atomic E-state index is 12.3. The van der Waals surface area contributed by atoms with Crippen LogP contribution in [0.2, 0.25) is 0 Å². The molecule has 3 heteroatoms. The third-order valence-corrected chi connectivity index (χ3v) is 4.49. The fourth-order valence-corrected chi connectivity index (χ4v) is 3.64. The molecule has 2 nitrogen and oxygen atoms in total. The normalized spacial score (nSPS) is 28.5. The molecule has 2 bridgehead atoms. The van der Waals surface area contributed by atoms with Crippen LogP contribution in [0.1, 0.15) is 35.4 Å². The van der Waals surface area contributed by atoms with Crippen molar-refractivity contribution in [1.82, 2.24) is 4.90 Å². The average Bonchev–Trinajstić information content (AvgIpc) is 2.85. The number of carbonyl (C=O) groups excluding carboxylic acids is 1. The molecule has 2 aliphatic rings. The van der Waals surface area contributed by atoms with E-state index in [1.807, 2.05) is 17.5 Å². The van der Waals surface area contributed by atoms with Crippen molar-refractivity contribution in [3.05, 3.63) is 34.5 Å². The van der Waals surface area contributed by atoms with Gasteiger partial charge < -0.3 is 4.90 Å². The summed E-state index contributed by atoms with van der Waals surface area (Å²) in [6.45, 7) is 4.08. The molecule has 0 aliphatic carbocycles. The highest BCUT2D eigenvalue weighted by Gasteiger charge is 2.41. The molecule has 2 unspecified atom stereocenters. The van der Waals surface area contributed by atoms with Crippen LogP contribution in [-0.2, 0) is 0 Å². The summed E-state index contributed by atoms with van der Waals surface area (Å²) in [5.41, 5.74) is 1.32. The Morgan fingerprint density at radius 2 is 2.06 bits per heavy atom. The third kappa shape index (κ3) is 1.50. The van der Waals surface area contributed by atoms with E-state index in [-0.39, 0.29) is 5.91 Å². The van der Waals surface area contributed by atoms with Gasteiger partial charge >= 0.3 is 0 Å². The lowest BCUT2D eigenvalue weighted by atomic mass is 9.98. The van der Waals surface area contributed by atoms with E-state index in [0.717, 1.165) is 30.6 Å². The molecule has 2 atom stereocenters. The molecule has 1 aromatic rings. The topological polar surface area (TPSA) is 20.3 Å². The predicted molar refractivity (Wildman–Crippen MR) is 65.7 cm³/mol. The van der Waals surface area contributed by atoms with Crippen LogP contribution in [0.25, 0.3) is 0 Å². The van der Waals surface area contributed by atoms with E-state index in [1.54, 1.807) is 11.3 Å². The van der Waals surface area contributed by atoms with Crippen molar-refractivity contribution < 1.29 is 4.79 Å². The molecule has 0 aromatic carbocycles. The second kappa shape index (κ2) is 3.74. The highest BCUT2D eigenvalue weighted by atomic mass is 32.1. The van der Waals surface area contributed by atoms with Crippen LogP contribution in [0, 0.1) is 0 Å². The Morgan fingerprint density at radius 3 is 2.62 bits per heavy atom. The number of hydrogen-bond donors (Lipinski definition) is 0. The Hall–Kier alpha value is -1.09. The fourth-order valence-electron chi connectivity index (χ4n) is 2.97. The van der Waals surface area contributed by atoms with Crippen molar-refractivity contribution in [3.63, 3.8) is 0 Å². The van der Waals surface area contributed by atoms with E-state index < -0.39 is 0 Å². The van der Waals surface area contributed by atoms with Crippen LogP contribution >= 0.6 is 11.3 Å². The molecule has 2 fully saturated rings. The lowest BCUT2D eigenvalue weighted by molar-refractivity contribution is 0.0640. The Bertz CT molecular complexity index is 407. The molecule has 0 saturated carbocycles. The van der Waals surface area contributed by atoms with Crippen molar-refractivity contribution in [1.29, 1.82) is 0 Å². The smallest absolute Gasteiger partial charge is 0.264 e. The van der Waals surface area contributed by atoms with Crippen molar-refractivity contribution in [2.75, 3.05) is 0 Å². The van der Waals surface area contributed by atoms with Crippen LogP contribution in [0.15, 0.2) is 29.7 Å². The van der Waals surface area contributed by atoms with Gasteiger partial charge in [-0.05, 0) is 37.1 Å². The van der Waals surface area contributed by atoms with Crippen LogP contribution in [-0.4, -0.2) is 22.9 Å². The van der Waals surface area contributed by atoms with Crippen LogP contribution in [0.3, 0.4) is 0 Å². The minimum absolute atomic E-state index is 0.231. The zero-order chi connectivity index (χ0) is 11.1. The zero-order valence-electron chi connectivity index (χ0n) is 9.19. The number of fused-ring (bicyclic) bond motifs is 2. The lowest BCUT2D eigenvalue weighted by Gasteiger charge is -2.35. The van der Waals surface area contributed by atoms with Gasteiger partial charge in [0.25, 0.3) is 5.91 Å². The molecule has 2 saturated heterocycles. The summed E-state index contributed by atoms with van der Waals surface area (Å²) in [4.78, 5) is 15.3. The van der Waals surface area contributed by atoms with Crippen molar-refractivity contribution in [2.45, 2.75) is 37.8 Å². The van der Waals surface area contributed by atoms with Crippen molar-refractivity contribution >= 4 is 17.2 Å². The predicted octanol–water partition coefficient (Wildman–Crippen LogP) is 3.07. The summed E-state index contributed by atoms with van der Waals surface area (Å²) in [6.07, 6.45) is 4.32. The van der Waals surface area contributed by atoms with E-state index in [9.17, 15) is 4.79 Å². The van der Waals surface area contributed by atoms with Crippen molar-refractivity contribution in [3.8, 4) is 0 Å². The van der Waals surface area contributed by atoms with E-state index in [2.05, 4.69) is 11.5 Å². The number of carbonyl (C=O) groups is 1. The molecular formula is C13H15NOS. The van der Waals surface area contributed by atoms with Gasteiger partial charge in [-0.2, -0.15) is 0 Å². The first kappa shape index (κ1) is 10.1. The average molecular weight is 233 g/mol. The summed E-state index contributed by atoms with van der Waals surface area (Å²) < 4.78 is 0. The summed E-state index contributed by atoms with van der Waals surface area (Å²) >= 11 is 1.54.